The van der Waals surface area contributed by atoms with Crippen LogP contribution in [0, 0.1) is 0 Å². The molecule has 0 saturated carbocycles. The third-order valence-electron chi connectivity index (χ3n) is 6.64. The largest absolute Gasteiger partial charge is 0.586 e. The molecule has 40 heavy (non-hydrogen) atoms. The van der Waals surface area contributed by atoms with E-state index in [2.05, 4.69) is 30.1 Å². The first-order valence-electron chi connectivity index (χ1n) is 12.8. The molecule has 218 valence electrons. The van der Waals surface area contributed by atoms with Gasteiger partial charge < -0.3 is 24.8 Å². The van der Waals surface area contributed by atoms with E-state index in [4.69, 9.17) is 4.74 Å². The van der Waals surface area contributed by atoms with Gasteiger partial charge in [-0.25, -0.2) is 18.7 Å². The standard InChI is InChI=1S/C24H25F4N5O4S.C2H6/c1-12(20(34)32-22-31-16-7-17-18(8-19(16)38-22)37-24(27,28)36-17)33-5-4-23(25,26)15(11-33)13-6-14(9-29-2)21(35-3)30-10-13;1-2/h6-8,10,12,15,29H,4-5,9,11H2,1-3H3,(H,31,32,34);1-2H3. The number of carbonyl (C=O) groups excluding carboxylic acids is 1. The highest BCUT2D eigenvalue weighted by Gasteiger charge is 2.47. The number of pyridine rings is 1. The molecular weight excluding hydrogens is 554 g/mol. The Bertz CT molecular complexity index is 1330. The van der Waals surface area contributed by atoms with E-state index in [1.54, 1.807) is 24.9 Å². The summed E-state index contributed by atoms with van der Waals surface area (Å²) in [5.74, 6) is -4.48. The number of halogens is 4. The normalized spacial score (nSPS) is 20.0. The van der Waals surface area contributed by atoms with Gasteiger partial charge in [-0.3, -0.25) is 9.69 Å². The van der Waals surface area contributed by atoms with E-state index in [-0.39, 0.29) is 29.7 Å². The van der Waals surface area contributed by atoms with Crippen LogP contribution in [0.4, 0.5) is 22.7 Å². The van der Waals surface area contributed by atoms with Gasteiger partial charge in [0.1, 0.15) is 0 Å². The predicted octanol–water partition coefficient (Wildman–Crippen LogP) is 5.22. The zero-order valence-corrected chi connectivity index (χ0v) is 23.5. The summed E-state index contributed by atoms with van der Waals surface area (Å²) in [5.41, 5.74) is 1.38. The zero-order valence-electron chi connectivity index (χ0n) is 22.7. The fourth-order valence-electron chi connectivity index (χ4n) is 4.64. The van der Waals surface area contributed by atoms with Crippen molar-refractivity contribution in [1.29, 1.82) is 0 Å². The number of nitrogens with one attached hydrogen (secondary N) is 2. The summed E-state index contributed by atoms with van der Waals surface area (Å²) in [6, 6.07) is 3.60. The molecule has 2 aliphatic heterocycles. The number of aromatic nitrogens is 2. The van der Waals surface area contributed by atoms with Crippen LogP contribution in [0.5, 0.6) is 17.4 Å². The smallest absolute Gasteiger partial charge is 0.481 e. The molecule has 0 bridgehead atoms. The van der Waals surface area contributed by atoms with Crippen LogP contribution in [-0.2, 0) is 11.3 Å². The molecule has 0 spiro atoms. The molecule has 1 fully saturated rings. The van der Waals surface area contributed by atoms with Crippen molar-refractivity contribution in [3.63, 3.8) is 0 Å². The van der Waals surface area contributed by atoms with Crippen LogP contribution in [0.25, 0.3) is 10.2 Å². The van der Waals surface area contributed by atoms with Crippen molar-refractivity contribution in [2.24, 2.45) is 0 Å². The quantitative estimate of drug-likeness (QED) is 0.365. The van der Waals surface area contributed by atoms with Gasteiger partial charge in [-0.15, -0.1) is 8.78 Å². The van der Waals surface area contributed by atoms with Gasteiger partial charge in [0.15, 0.2) is 16.6 Å². The number of hydrogen-bond acceptors (Lipinski definition) is 9. The van der Waals surface area contributed by atoms with Crippen LogP contribution in [0.15, 0.2) is 24.4 Å². The summed E-state index contributed by atoms with van der Waals surface area (Å²) in [6.45, 7) is 6.02. The molecule has 0 radical (unpaired) electrons. The number of benzene rings is 1. The maximum atomic E-state index is 15.0. The molecule has 14 heteroatoms. The average molecular weight is 586 g/mol. The summed E-state index contributed by atoms with van der Waals surface area (Å²) in [7, 11) is 3.21. The highest BCUT2D eigenvalue weighted by molar-refractivity contribution is 7.22. The minimum atomic E-state index is -3.74. The average Bonchev–Trinajstić information content (AvgIpc) is 3.44. The van der Waals surface area contributed by atoms with E-state index in [1.165, 1.54) is 25.4 Å². The Morgan fingerprint density at radius 2 is 1.93 bits per heavy atom. The number of alkyl halides is 4. The lowest BCUT2D eigenvalue weighted by Crippen LogP contribution is -2.52. The predicted molar refractivity (Wildman–Crippen MR) is 143 cm³/mol. The monoisotopic (exact) mass is 585 g/mol. The highest BCUT2D eigenvalue weighted by Crippen LogP contribution is 2.45. The van der Waals surface area contributed by atoms with Crippen molar-refractivity contribution in [3.05, 3.63) is 35.5 Å². The number of carbonyl (C=O) groups is 1. The number of hydrogen-bond donors (Lipinski definition) is 2. The summed E-state index contributed by atoms with van der Waals surface area (Å²) >= 11 is 1.07. The third kappa shape index (κ3) is 6.08. The Hall–Kier alpha value is -3.23. The Morgan fingerprint density at radius 3 is 2.60 bits per heavy atom. The summed E-state index contributed by atoms with van der Waals surface area (Å²) < 4.78 is 71.3. The number of amides is 1. The second-order valence-corrected chi connectivity index (χ2v) is 10.2. The lowest BCUT2D eigenvalue weighted by molar-refractivity contribution is -0.286. The van der Waals surface area contributed by atoms with E-state index < -0.39 is 36.5 Å². The highest BCUT2D eigenvalue weighted by atomic mass is 32.1. The van der Waals surface area contributed by atoms with Crippen LogP contribution in [0.1, 0.15) is 44.2 Å². The third-order valence-corrected chi connectivity index (χ3v) is 7.57. The lowest BCUT2D eigenvalue weighted by Gasteiger charge is -2.40. The van der Waals surface area contributed by atoms with Crippen molar-refractivity contribution in [3.8, 4) is 17.4 Å². The van der Waals surface area contributed by atoms with Gasteiger partial charge in [0.05, 0.1) is 29.3 Å². The van der Waals surface area contributed by atoms with Crippen molar-refractivity contribution in [2.45, 2.75) is 57.9 Å². The van der Waals surface area contributed by atoms with Gasteiger partial charge in [0.2, 0.25) is 11.8 Å². The first-order valence-corrected chi connectivity index (χ1v) is 13.6. The molecule has 1 saturated heterocycles. The molecule has 5 rings (SSSR count). The Kier molecular flexibility index (Phi) is 8.71. The molecule has 2 aromatic heterocycles. The van der Waals surface area contributed by atoms with Crippen LogP contribution < -0.4 is 24.8 Å². The fourth-order valence-corrected chi connectivity index (χ4v) is 5.52. The molecule has 9 nitrogen and oxygen atoms in total. The van der Waals surface area contributed by atoms with E-state index in [1.807, 2.05) is 13.8 Å². The van der Waals surface area contributed by atoms with Gasteiger partial charge in [0, 0.05) is 49.9 Å². The number of nitrogens with zero attached hydrogens (tertiary/aromatic N) is 3. The molecule has 2 N–H and O–H groups in total. The SMILES string of the molecule is CC.CNCc1cc(C2CN(C(C)C(=O)Nc3nc4cc5c(cc4s3)OC(F)(F)O5)CCC2(F)F)cnc1OC. The van der Waals surface area contributed by atoms with Crippen LogP contribution in [0.3, 0.4) is 0 Å². The van der Waals surface area contributed by atoms with Crippen molar-refractivity contribution >= 4 is 32.6 Å². The van der Waals surface area contributed by atoms with E-state index in [0.717, 1.165) is 11.3 Å². The summed E-state index contributed by atoms with van der Waals surface area (Å²) in [4.78, 5) is 23.2. The van der Waals surface area contributed by atoms with E-state index in [9.17, 15) is 13.6 Å². The van der Waals surface area contributed by atoms with Crippen molar-refractivity contribution in [1.82, 2.24) is 20.2 Å². The summed E-state index contributed by atoms with van der Waals surface area (Å²) in [5, 5.41) is 5.92. The fraction of sp³-hybridized carbons (Fsp3) is 0.500. The number of fused-ring (bicyclic) bond motifs is 2. The number of anilines is 1. The minimum absolute atomic E-state index is 0.0283. The Balaban J connectivity index is 0.00000181. The lowest BCUT2D eigenvalue weighted by atomic mass is 9.86. The van der Waals surface area contributed by atoms with Gasteiger partial charge in [0.25, 0.3) is 5.92 Å². The Labute approximate surface area is 232 Å². The van der Waals surface area contributed by atoms with Gasteiger partial charge in [-0.2, -0.15) is 0 Å². The molecule has 0 aliphatic carbocycles. The van der Waals surface area contributed by atoms with Crippen LogP contribution in [0.2, 0.25) is 0 Å². The summed E-state index contributed by atoms with van der Waals surface area (Å²) in [6.07, 6.45) is -2.76. The maximum Gasteiger partial charge on any atom is 0.586 e. The first kappa shape index (κ1) is 29.7. The molecule has 1 aromatic carbocycles. The second-order valence-electron chi connectivity index (χ2n) is 9.14. The topological polar surface area (TPSA) is 97.8 Å². The van der Waals surface area contributed by atoms with Gasteiger partial charge in [-0.1, -0.05) is 25.2 Å². The number of likely N-dealkylation sites (tertiary alicyclic amines) is 1. The van der Waals surface area contributed by atoms with Crippen molar-refractivity contribution in [2.75, 3.05) is 32.6 Å². The van der Waals surface area contributed by atoms with Crippen LogP contribution >= 0.6 is 11.3 Å². The number of thiazole rings is 1. The number of rotatable bonds is 7. The van der Waals surface area contributed by atoms with Crippen molar-refractivity contribution < 1.29 is 36.6 Å². The number of ether oxygens (including phenoxy) is 3. The molecule has 1 amide bonds. The second kappa shape index (κ2) is 11.7. The number of piperidine rings is 1. The van der Waals surface area contributed by atoms with Crippen LogP contribution in [-0.4, -0.2) is 66.3 Å². The first-order chi connectivity index (χ1) is 19.0. The molecule has 4 heterocycles. The van der Waals surface area contributed by atoms with Gasteiger partial charge in [-0.05, 0) is 25.6 Å². The minimum Gasteiger partial charge on any atom is -0.481 e. The zero-order chi connectivity index (χ0) is 29.2. The van der Waals surface area contributed by atoms with Gasteiger partial charge >= 0.3 is 6.29 Å². The molecule has 2 aliphatic rings. The molecule has 2 unspecified atom stereocenters. The molecule has 3 aromatic rings. The molecule has 2 atom stereocenters. The van der Waals surface area contributed by atoms with E-state index >= 15 is 8.78 Å². The molecular formula is C26H31F4N5O4S. The maximum absolute atomic E-state index is 15.0. The Morgan fingerprint density at radius 1 is 1.23 bits per heavy atom. The number of methoxy groups -OCH3 is 1. The van der Waals surface area contributed by atoms with E-state index in [0.29, 0.717) is 33.8 Å².